The largest absolute Gasteiger partial charge is 0.393 e. The molecule has 0 saturated heterocycles. The monoisotopic (exact) mass is 426 g/mol. The minimum atomic E-state index is -0.100. The molecule has 0 aliphatic heterocycles. The zero-order chi connectivity index (χ0) is 22.2. The number of hydrogen-bond acceptors (Lipinski definition) is 1. The minimum Gasteiger partial charge on any atom is -0.393 e. The second kappa shape index (κ2) is 5.95. The van der Waals surface area contributed by atoms with Crippen LogP contribution in [0, 0.1) is 62.1 Å². The summed E-state index contributed by atoms with van der Waals surface area (Å²) in [6.07, 6.45) is 15.5. The van der Waals surface area contributed by atoms with E-state index in [1.807, 2.05) is 0 Å². The van der Waals surface area contributed by atoms with Crippen molar-refractivity contribution in [2.24, 2.45) is 62.1 Å². The lowest BCUT2D eigenvalue weighted by Gasteiger charge is -2.70. The van der Waals surface area contributed by atoms with Crippen molar-refractivity contribution in [2.45, 2.75) is 125 Å². The molecule has 0 aromatic heterocycles. The maximum absolute atomic E-state index is 10.9. The quantitative estimate of drug-likeness (QED) is 0.418. The highest BCUT2D eigenvalue weighted by Gasteiger charge is 2.84. The molecule has 1 heteroatoms. The van der Waals surface area contributed by atoms with E-state index in [1.165, 1.54) is 57.8 Å². The van der Waals surface area contributed by atoms with Crippen LogP contribution in [0.2, 0.25) is 0 Å². The van der Waals surface area contributed by atoms with Gasteiger partial charge in [-0.1, -0.05) is 48.5 Å². The highest BCUT2D eigenvalue weighted by molar-refractivity contribution is 5.32. The van der Waals surface area contributed by atoms with Crippen molar-refractivity contribution < 1.29 is 5.11 Å². The Morgan fingerprint density at radius 2 is 1.42 bits per heavy atom. The lowest BCUT2D eigenvalue weighted by Crippen LogP contribution is -2.64. The van der Waals surface area contributed by atoms with Gasteiger partial charge >= 0.3 is 0 Å². The van der Waals surface area contributed by atoms with Crippen LogP contribution in [0.1, 0.15) is 119 Å². The van der Waals surface area contributed by atoms with Crippen LogP contribution in [0.25, 0.3) is 0 Å². The first-order valence-electron chi connectivity index (χ1n) is 14.1. The molecule has 0 aromatic rings. The van der Waals surface area contributed by atoms with Crippen LogP contribution in [-0.4, -0.2) is 11.2 Å². The normalized spacial score (nSPS) is 64.3. The van der Waals surface area contributed by atoms with Gasteiger partial charge in [0.2, 0.25) is 0 Å². The average molecular weight is 427 g/mol. The fourth-order valence-corrected chi connectivity index (χ4v) is 12.8. The van der Waals surface area contributed by atoms with E-state index in [1.54, 1.807) is 6.42 Å². The van der Waals surface area contributed by atoms with Crippen LogP contribution in [0.15, 0.2) is 0 Å². The van der Waals surface area contributed by atoms with E-state index >= 15 is 0 Å². The van der Waals surface area contributed by atoms with Crippen molar-refractivity contribution in [3.63, 3.8) is 0 Å². The molecule has 31 heavy (non-hydrogen) atoms. The van der Waals surface area contributed by atoms with E-state index < -0.39 is 0 Å². The molecule has 0 unspecified atom stereocenters. The molecule has 6 fully saturated rings. The molecule has 176 valence electrons. The molecule has 1 N–H and O–H groups in total. The van der Waals surface area contributed by atoms with Gasteiger partial charge < -0.3 is 5.11 Å². The summed E-state index contributed by atoms with van der Waals surface area (Å²) in [5.41, 5.74) is 3.00. The van der Waals surface area contributed by atoms with E-state index in [9.17, 15) is 5.11 Å². The first-order valence-corrected chi connectivity index (χ1v) is 14.1. The van der Waals surface area contributed by atoms with E-state index in [2.05, 4.69) is 48.5 Å². The molecule has 0 spiro atoms. The van der Waals surface area contributed by atoms with Gasteiger partial charge in [-0.3, -0.25) is 0 Å². The Morgan fingerprint density at radius 3 is 2.16 bits per heavy atom. The predicted octanol–water partition coefficient (Wildman–Crippen LogP) is 7.86. The van der Waals surface area contributed by atoms with Crippen LogP contribution >= 0.6 is 0 Å². The summed E-state index contributed by atoms with van der Waals surface area (Å²) in [5, 5.41) is 10.9. The molecule has 6 aliphatic rings. The lowest BCUT2D eigenvalue weighted by atomic mass is 9.35. The zero-order valence-corrected chi connectivity index (χ0v) is 21.7. The Bertz CT molecular complexity index is 785. The standard InChI is InChI=1S/C30H50O/c1-19-8-12-26(5)16-17-30-18-29(30,24(26)20(19)2)15-10-22-27(6)13-11-23(31)25(3,4)21(27)9-14-28(22,30)7/h19-24,31H,8-18H2,1-7H3/t19-,20-,21+,22+,23+,24+,26+,27+,28+,29-,30-/m1/s1. The van der Waals surface area contributed by atoms with Gasteiger partial charge in [0.15, 0.2) is 0 Å². The fraction of sp³-hybridized carbons (Fsp3) is 1.00. The molecular formula is C30H50O. The molecular weight excluding hydrogens is 376 g/mol. The molecule has 0 radical (unpaired) electrons. The second-order valence-electron chi connectivity index (χ2n) is 15.4. The molecule has 6 rings (SSSR count). The summed E-state index contributed by atoms with van der Waals surface area (Å²) in [6.45, 7) is 18.2. The van der Waals surface area contributed by atoms with Crippen molar-refractivity contribution in [3.05, 3.63) is 0 Å². The first kappa shape index (κ1) is 21.5. The summed E-state index contributed by atoms with van der Waals surface area (Å²) in [5.74, 6) is 4.39. The highest BCUT2D eigenvalue weighted by atomic mass is 16.3. The fourth-order valence-electron chi connectivity index (χ4n) is 12.8. The number of aliphatic hydroxyl groups excluding tert-OH is 1. The molecule has 6 saturated carbocycles. The molecule has 0 amide bonds. The Morgan fingerprint density at radius 1 is 0.710 bits per heavy atom. The van der Waals surface area contributed by atoms with Crippen LogP contribution in [0.5, 0.6) is 0 Å². The first-order chi connectivity index (χ1) is 14.4. The van der Waals surface area contributed by atoms with Gasteiger partial charge in [0, 0.05) is 0 Å². The van der Waals surface area contributed by atoms with Crippen molar-refractivity contribution in [1.29, 1.82) is 0 Å². The van der Waals surface area contributed by atoms with Gasteiger partial charge in [-0.2, -0.15) is 0 Å². The van der Waals surface area contributed by atoms with Gasteiger partial charge in [0.1, 0.15) is 0 Å². The minimum absolute atomic E-state index is 0.0858. The van der Waals surface area contributed by atoms with Crippen LogP contribution < -0.4 is 0 Å². The molecule has 11 atom stereocenters. The van der Waals surface area contributed by atoms with E-state index in [0.717, 1.165) is 30.1 Å². The maximum atomic E-state index is 10.9. The number of rotatable bonds is 0. The Kier molecular flexibility index (Phi) is 4.13. The topological polar surface area (TPSA) is 20.2 Å². The van der Waals surface area contributed by atoms with Gasteiger partial charge in [-0.25, -0.2) is 0 Å². The predicted molar refractivity (Wildman–Crippen MR) is 129 cm³/mol. The third-order valence-corrected chi connectivity index (χ3v) is 14.5. The summed E-state index contributed by atoms with van der Waals surface area (Å²) in [7, 11) is 0. The highest BCUT2D eigenvalue weighted by Crippen LogP contribution is 2.91. The number of hydrogen-bond donors (Lipinski definition) is 1. The Hall–Kier alpha value is -0.0400. The smallest absolute Gasteiger partial charge is 0.0594 e. The number of fused-ring (bicyclic) bond motifs is 4. The summed E-state index contributed by atoms with van der Waals surface area (Å²) in [6, 6.07) is 0. The molecule has 0 bridgehead atoms. The zero-order valence-electron chi connectivity index (χ0n) is 21.7. The molecule has 6 aliphatic carbocycles. The maximum Gasteiger partial charge on any atom is 0.0594 e. The Balaban J connectivity index is 1.40. The SMILES string of the molecule is C[C@@H]1[C@H](C)CC[C@@]2(C)CC[C@]34C[C@]3(CC[C@H]3[C@@]5(C)CC[C@H](O)C(C)(C)[C@@H]5CC[C@@]34C)[C@@H]12. The van der Waals surface area contributed by atoms with Crippen molar-refractivity contribution in [1.82, 2.24) is 0 Å². The van der Waals surface area contributed by atoms with Gasteiger partial charge in [-0.05, 0) is 133 Å². The number of aliphatic hydroxyl groups is 1. The van der Waals surface area contributed by atoms with Crippen LogP contribution in [0.3, 0.4) is 0 Å². The molecule has 1 nitrogen and oxygen atoms in total. The lowest BCUT2D eigenvalue weighted by molar-refractivity contribution is -0.223. The second-order valence-corrected chi connectivity index (χ2v) is 15.4. The van der Waals surface area contributed by atoms with E-state index in [4.69, 9.17) is 0 Å². The summed E-state index contributed by atoms with van der Waals surface area (Å²) in [4.78, 5) is 0. The van der Waals surface area contributed by atoms with E-state index in [-0.39, 0.29) is 11.5 Å². The van der Waals surface area contributed by atoms with Crippen LogP contribution in [-0.2, 0) is 0 Å². The summed E-state index contributed by atoms with van der Waals surface area (Å²) < 4.78 is 0. The molecule has 0 heterocycles. The Labute approximate surface area is 192 Å². The van der Waals surface area contributed by atoms with Gasteiger partial charge in [0.25, 0.3) is 0 Å². The third-order valence-electron chi connectivity index (χ3n) is 14.5. The average Bonchev–Trinajstić information content (AvgIpc) is 3.39. The van der Waals surface area contributed by atoms with Crippen molar-refractivity contribution >= 4 is 0 Å². The van der Waals surface area contributed by atoms with Crippen molar-refractivity contribution in [2.75, 3.05) is 0 Å². The van der Waals surface area contributed by atoms with Gasteiger partial charge in [0.05, 0.1) is 6.10 Å². The molecule has 0 aromatic carbocycles. The third kappa shape index (κ3) is 2.21. The van der Waals surface area contributed by atoms with Crippen LogP contribution in [0.4, 0.5) is 0 Å². The summed E-state index contributed by atoms with van der Waals surface area (Å²) >= 11 is 0. The van der Waals surface area contributed by atoms with Crippen molar-refractivity contribution in [3.8, 4) is 0 Å². The van der Waals surface area contributed by atoms with Gasteiger partial charge in [-0.15, -0.1) is 0 Å². The van der Waals surface area contributed by atoms with E-state index in [0.29, 0.717) is 33.0 Å².